The average molecular weight is 224 g/mol. The van der Waals surface area contributed by atoms with Crippen LogP contribution in [0.25, 0.3) is 0 Å². The van der Waals surface area contributed by atoms with Gasteiger partial charge in [0.2, 0.25) is 0 Å². The van der Waals surface area contributed by atoms with Crippen molar-refractivity contribution in [2.24, 2.45) is 5.41 Å². The van der Waals surface area contributed by atoms with Crippen LogP contribution in [0.1, 0.15) is 18.4 Å². The summed E-state index contributed by atoms with van der Waals surface area (Å²) in [6, 6.07) is 3.86. The lowest BCUT2D eigenvalue weighted by molar-refractivity contribution is -0.212. The Morgan fingerprint density at radius 3 is 2.56 bits per heavy atom. The van der Waals surface area contributed by atoms with E-state index in [4.69, 9.17) is 0 Å². The first-order chi connectivity index (χ1) is 7.52. The van der Waals surface area contributed by atoms with Crippen LogP contribution >= 0.6 is 0 Å². The van der Waals surface area contributed by atoms with Crippen molar-refractivity contribution in [1.82, 2.24) is 4.98 Å². The normalized spacial score (nSPS) is 25.1. The molecule has 2 aliphatic rings. The molecular formula is C12H14F2N2. The van der Waals surface area contributed by atoms with Crippen molar-refractivity contribution in [1.29, 1.82) is 0 Å². The molecule has 2 fully saturated rings. The Kier molecular flexibility index (Phi) is 1.83. The van der Waals surface area contributed by atoms with Gasteiger partial charge in [0.05, 0.1) is 5.41 Å². The van der Waals surface area contributed by atoms with Crippen LogP contribution in [0.2, 0.25) is 0 Å². The van der Waals surface area contributed by atoms with Gasteiger partial charge in [-0.2, -0.15) is 0 Å². The molecule has 0 atom stereocenters. The molecule has 1 spiro atoms. The van der Waals surface area contributed by atoms with E-state index in [1.54, 1.807) is 6.20 Å². The largest absolute Gasteiger partial charge is 0.355 e. The predicted octanol–water partition coefficient (Wildman–Crippen LogP) is 2.63. The third-order valence-corrected chi connectivity index (χ3v) is 3.91. The molecule has 2 heterocycles. The number of pyridine rings is 1. The second-order valence-electron chi connectivity index (χ2n) is 5.03. The summed E-state index contributed by atoms with van der Waals surface area (Å²) in [6.07, 6.45) is 2.44. The van der Waals surface area contributed by atoms with Crippen LogP contribution in [0.5, 0.6) is 0 Å². The maximum atomic E-state index is 13.4. The summed E-state index contributed by atoms with van der Waals surface area (Å²) < 4.78 is 26.7. The van der Waals surface area contributed by atoms with Crippen LogP contribution in [-0.2, 0) is 0 Å². The van der Waals surface area contributed by atoms with Gasteiger partial charge in [0.15, 0.2) is 0 Å². The van der Waals surface area contributed by atoms with E-state index in [0.29, 0.717) is 19.5 Å². The molecule has 0 N–H and O–H groups in total. The molecule has 4 heteroatoms. The average Bonchev–Trinajstić information content (AvgIpc) is 2.14. The number of rotatable bonds is 1. The lowest BCUT2D eigenvalue weighted by Gasteiger charge is -2.60. The molecule has 1 saturated carbocycles. The maximum absolute atomic E-state index is 13.4. The van der Waals surface area contributed by atoms with Crippen LogP contribution in [0.4, 0.5) is 14.6 Å². The van der Waals surface area contributed by atoms with Gasteiger partial charge in [-0.25, -0.2) is 13.8 Å². The Bertz CT molecular complexity index is 425. The van der Waals surface area contributed by atoms with Crippen molar-refractivity contribution in [3.8, 4) is 0 Å². The number of hydrogen-bond donors (Lipinski definition) is 0. The highest BCUT2D eigenvalue weighted by Crippen LogP contribution is 2.59. The van der Waals surface area contributed by atoms with E-state index in [1.807, 2.05) is 24.0 Å². The zero-order valence-electron chi connectivity index (χ0n) is 9.21. The van der Waals surface area contributed by atoms with Gasteiger partial charge < -0.3 is 4.90 Å². The van der Waals surface area contributed by atoms with E-state index in [2.05, 4.69) is 4.98 Å². The van der Waals surface area contributed by atoms with Crippen LogP contribution in [0.3, 0.4) is 0 Å². The summed E-state index contributed by atoms with van der Waals surface area (Å²) in [5.41, 5.74) is 0.379. The molecule has 0 radical (unpaired) electrons. The summed E-state index contributed by atoms with van der Waals surface area (Å²) in [5.74, 6) is -1.62. The summed E-state index contributed by atoms with van der Waals surface area (Å²) in [5, 5.41) is 0. The van der Waals surface area contributed by atoms with Gasteiger partial charge in [0.1, 0.15) is 5.82 Å². The lowest BCUT2D eigenvalue weighted by Crippen LogP contribution is -2.70. The third-order valence-electron chi connectivity index (χ3n) is 3.91. The molecule has 86 valence electrons. The van der Waals surface area contributed by atoms with E-state index < -0.39 is 11.3 Å². The quantitative estimate of drug-likeness (QED) is 0.729. The molecule has 1 aliphatic carbocycles. The van der Waals surface area contributed by atoms with E-state index in [9.17, 15) is 8.78 Å². The molecule has 16 heavy (non-hydrogen) atoms. The van der Waals surface area contributed by atoms with Gasteiger partial charge in [-0.05, 0) is 31.0 Å². The summed E-state index contributed by atoms with van der Waals surface area (Å²) >= 11 is 0. The minimum atomic E-state index is -2.45. The summed E-state index contributed by atoms with van der Waals surface area (Å²) in [7, 11) is 0. The zero-order chi connectivity index (χ0) is 11.4. The number of anilines is 1. The Morgan fingerprint density at radius 1 is 1.31 bits per heavy atom. The first-order valence-electron chi connectivity index (χ1n) is 5.58. The fourth-order valence-corrected chi connectivity index (χ4v) is 2.60. The smallest absolute Gasteiger partial charge is 0.257 e. The number of aromatic nitrogens is 1. The fraction of sp³-hybridized carbons (Fsp3) is 0.583. The van der Waals surface area contributed by atoms with Crippen molar-refractivity contribution in [2.75, 3.05) is 18.0 Å². The fourth-order valence-electron chi connectivity index (χ4n) is 2.60. The van der Waals surface area contributed by atoms with Gasteiger partial charge in [0.25, 0.3) is 5.92 Å². The second-order valence-corrected chi connectivity index (χ2v) is 5.03. The topological polar surface area (TPSA) is 16.1 Å². The van der Waals surface area contributed by atoms with Crippen LogP contribution in [0, 0.1) is 12.3 Å². The first kappa shape index (κ1) is 10.00. The Balaban J connectivity index is 1.74. The van der Waals surface area contributed by atoms with E-state index >= 15 is 0 Å². The predicted molar refractivity (Wildman–Crippen MR) is 57.8 cm³/mol. The van der Waals surface area contributed by atoms with Crippen molar-refractivity contribution >= 4 is 5.82 Å². The van der Waals surface area contributed by atoms with E-state index in [0.717, 1.165) is 11.4 Å². The van der Waals surface area contributed by atoms with Crippen LogP contribution < -0.4 is 4.90 Å². The zero-order valence-corrected chi connectivity index (χ0v) is 9.21. The molecule has 1 saturated heterocycles. The Morgan fingerprint density at radius 2 is 2.06 bits per heavy atom. The molecule has 1 aliphatic heterocycles. The third kappa shape index (κ3) is 1.19. The highest BCUT2D eigenvalue weighted by molar-refractivity contribution is 5.46. The van der Waals surface area contributed by atoms with Crippen molar-refractivity contribution < 1.29 is 8.78 Å². The minimum Gasteiger partial charge on any atom is -0.355 e. The number of alkyl halides is 2. The monoisotopic (exact) mass is 224 g/mol. The van der Waals surface area contributed by atoms with Crippen LogP contribution in [0.15, 0.2) is 18.3 Å². The van der Waals surface area contributed by atoms with Gasteiger partial charge in [-0.1, -0.05) is 0 Å². The molecule has 0 amide bonds. The number of hydrogen-bond acceptors (Lipinski definition) is 2. The summed E-state index contributed by atoms with van der Waals surface area (Å²) in [6.45, 7) is 2.89. The number of aryl methyl sites for hydroxylation is 1. The maximum Gasteiger partial charge on any atom is 0.257 e. The van der Waals surface area contributed by atoms with Crippen molar-refractivity contribution in [2.45, 2.75) is 25.7 Å². The van der Waals surface area contributed by atoms with Crippen molar-refractivity contribution in [3.05, 3.63) is 23.9 Å². The number of halogens is 2. The van der Waals surface area contributed by atoms with Crippen LogP contribution in [-0.4, -0.2) is 24.0 Å². The van der Waals surface area contributed by atoms with Gasteiger partial charge >= 0.3 is 0 Å². The molecule has 1 aromatic rings. The highest BCUT2D eigenvalue weighted by Gasteiger charge is 2.67. The van der Waals surface area contributed by atoms with Crippen molar-refractivity contribution in [3.63, 3.8) is 0 Å². The standard InChI is InChI=1S/C12H14F2N2/c1-9-2-5-15-10(6-9)16-7-11(8-16)3-4-12(11,13)14/h2,5-6H,3-4,7-8H2,1H3. The van der Waals surface area contributed by atoms with E-state index in [1.165, 1.54) is 0 Å². The molecule has 0 aromatic carbocycles. The molecular weight excluding hydrogens is 210 g/mol. The minimum absolute atomic E-state index is 0.0576. The summed E-state index contributed by atoms with van der Waals surface area (Å²) in [4.78, 5) is 6.16. The molecule has 3 rings (SSSR count). The van der Waals surface area contributed by atoms with Gasteiger partial charge in [-0.3, -0.25) is 0 Å². The number of nitrogens with zero attached hydrogens (tertiary/aromatic N) is 2. The molecule has 1 aromatic heterocycles. The lowest BCUT2D eigenvalue weighted by atomic mass is 9.60. The van der Waals surface area contributed by atoms with Gasteiger partial charge in [-0.15, -0.1) is 0 Å². The van der Waals surface area contributed by atoms with E-state index in [-0.39, 0.29) is 6.42 Å². The Hall–Kier alpha value is -1.19. The molecule has 2 nitrogen and oxygen atoms in total. The SMILES string of the molecule is Cc1ccnc(N2CC3(CCC3(F)F)C2)c1. The first-order valence-corrected chi connectivity index (χ1v) is 5.58. The molecule has 0 bridgehead atoms. The van der Waals surface area contributed by atoms with Gasteiger partial charge in [0, 0.05) is 25.7 Å². The highest BCUT2D eigenvalue weighted by atomic mass is 19.3. The second kappa shape index (κ2) is 2.93. The Labute approximate surface area is 93.3 Å². The molecule has 0 unspecified atom stereocenters.